The first-order valence-electron chi connectivity index (χ1n) is 22.1. The minimum Gasteiger partial charge on any atom is -0.374 e. The minimum absolute atomic E-state index is 0.152. The van der Waals surface area contributed by atoms with Crippen LogP contribution in [0.25, 0.3) is 0 Å². The molecule has 6 aromatic rings. The number of rotatable bonds is 21. The van der Waals surface area contributed by atoms with Gasteiger partial charge in [0.2, 0.25) is 0 Å². The first-order valence-corrected chi connectivity index (χ1v) is 22.1. The zero-order valence-electron chi connectivity index (χ0n) is 36.2. The Hall–Kier alpha value is -5.08. The third-order valence-electron chi connectivity index (χ3n) is 11.4. The normalized spacial score (nSPS) is 25.8. The summed E-state index contributed by atoms with van der Waals surface area (Å²) in [7, 11) is 0. The highest BCUT2D eigenvalue weighted by Crippen LogP contribution is 2.36. The molecule has 334 valence electrons. The average molecular weight is 867 g/mol. The van der Waals surface area contributed by atoms with Crippen LogP contribution in [-0.2, 0) is 82.3 Å². The molecule has 0 saturated carbocycles. The standard InChI is InChI=1S/C54H58O10/c1-39-47(57-33-41-22-10-3-11-23-41)50(51(53(55)62-39)60-36-44-28-16-6-17-29-44)64-54-52(61-37-45-30-18-7-19-31-45)49(59-35-43-26-14-5-15-27-43)48(58-34-42-24-12-4-13-25-42)46(63-54)38-56-32-40-20-8-2-9-21-40/h2-31,39,46-55H,32-38H2,1H3/t39-,46+,47-,48+,49-,50+,51+,52+,53+,54+/m0/s1. The van der Waals surface area contributed by atoms with E-state index >= 15 is 0 Å². The minimum atomic E-state index is -1.34. The highest BCUT2D eigenvalue weighted by atomic mass is 16.7. The second kappa shape index (κ2) is 23.7. The largest absolute Gasteiger partial charge is 0.374 e. The van der Waals surface area contributed by atoms with E-state index in [-0.39, 0.29) is 33.0 Å². The molecule has 0 bridgehead atoms. The first kappa shape index (κ1) is 45.5. The summed E-state index contributed by atoms with van der Waals surface area (Å²) in [4.78, 5) is 0. The lowest BCUT2D eigenvalue weighted by atomic mass is 9.96. The molecule has 6 aromatic carbocycles. The van der Waals surface area contributed by atoms with E-state index in [1.807, 2.05) is 189 Å². The van der Waals surface area contributed by atoms with Gasteiger partial charge in [-0.3, -0.25) is 0 Å². The molecule has 0 aliphatic carbocycles. The molecular weight excluding hydrogens is 809 g/mol. The zero-order chi connectivity index (χ0) is 43.8. The van der Waals surface area contributed by atoms with Crippen molar-refractivity contribution in [2.24, 2.45) is 0 Å². The topological polar surface area (TPSA) is 103 Å². The SMILES string of the molecule is C[C@@H]1O[C@@H](O)[C@H](OCc2ccccc2)[C@H](O[C@H]2O[C@H](COCc3ccccc3)[C@@H](OCc3ccccc3)[C@H](OCc3ccccc3)[C@H]2OCc2ccccc2)[C@H]1OCc1ccccc1. The summed E-state index contributed by atoms with van der Waals surface area (Å²) in [6.45, 7) is 3.64. The van der Waals surface area contributed by atoms with E-state index in [0.29, 0.717) is 13.2 Å². The number of benzene rings is 6. The summed E-state index contributed by atoms with van der Waals surface area (Å²) in [5.41, 5.74) is 5.86. The van der Waals surface area contributed by atoms with Gasteiger partial charge in [0, 0.05) is 0 Å². The molecule has 0 aromatic heterocycles. The van der Waals surface area contributed by atoms with Crippen molar-refractivity contribution < 1.29 is 47.7 Å². The Kier molecular flexibility index (Phi) is 16.9. The first-order chi connectivity index (χ1) is 31.6. The van der Waals surface area contributed by atoms with E-state index in [1.54, 1.807) is 0 Å². The molecule has 2 aliphatic rings. The fourth-order valence-electron chi connectivity index (χ4n) is 8.10. The number of ether oxygens (including phenoxy) is 9. The average Bonchev–Trinajstić information content (AvgIpc) is 3.34. The van der Waals surface area contributed by atoms with Gasteiger partial charge in [0.1, 0.15) is 42.7 Å². The van der Waals surface area contributed by atoms with Gasteiger partial charge in [0.25, 0.3) is 0 Å². The quantitative estimate of drug-likeness (QED) is 0.0755. The van der Waals surface area contributed by atoms with Gasteiger partial charge in [-0.1, -0.05) is 182 Å². The lowest BCUT2D eigenvalue weighted by Gasteiger charge is -2.49. The molecule has 2 aliphatic heterocycles. The Labute approximate surface area is 376 Å². The van der Waals surface area contributed by atoms with Crippen LogP contribution in [0.15, 0.2) is 182 Å². The van der Waals surface area contributed by atoms with E-state index in [0.717, 1.165) is 33.4 Å². The van der Waals surface area contributed by atoms with Crippen molar-refractivity contribution in [2.45, 2.75) is 108 Å². The van der Waals surface area contributed by atoms with Crippen molar-refractivity contribution in [3.05, 3.63) is 215 Å². The third-order valence-corrected chi connectivity index (χ3v) is 11.4. The van der Waals surface area contributed by atoms with Crippen LogP contribution < -0.4 is 0 Å². The highest BCUT2D eigenvalue weighted by molar-refractivity contribution is 5.18. The molecular formula is C54H58O10. The molecule has 0 unspecified atom stereocenters. The van der Waals surface area contributed by atoms with Crippen LogP contribution in [0.3, 0.4) is 0 Å². The molecule has 2 saturated heterocycles. The number of aliphatic hydroxyl groups excluding tert-OH is 1. The number of aliphatic hydroxyl groups is 1. The molecule has 1 N–H and O–H groups in total. The van der Waals surface area contributed by atoms with Crippen LogP contribution in [-0.4, -0.2) is 73.1 Å². The van der Waals surface area contributed by atoms with Gasteiger partial charge in [-0.05, 0) is 40.3 Å². The van der Waals surface area contributed by atoms with E-state index in [1.165, 1.54) is 0 Å². The lowest BCUT2D eigenvalue weighted by molar-refractivity contribution is -0.372. The summed E-state index contributed by atoms with van der Waals surface area (Å²) >= 11 is 0. The second-order valence-corrected chi connectivity index (χ2v) is 16.2. The Bertz CT molecular complexity index is 2130. The molecule has 10 atom stereocenters. The fourth-order valence-corrected chi connectivity index (χ4v) is 8.10. The van der Waals surface area contributed by atoms with Crippen LogP contribution in [0.1, 0.15) is 40.3 Å². The Morgan fingerprint density at radius 1 is 0.375 bits per heavy atom. The zero-order valence-corrected chi connectivity index (χ0v) is 36.2. The Morgan fingerprint density at radius 2 is 0.719 bits per heavy atom. The van der Waals surface area contributed by atoms with Gasteiger partial charge >= 0.3 is 0 Å². The molecule has 2 heterocycles. The van der Waals surface area contributed by atoms with Gasteiger partial charge in [-0.25, -0.2) is 0 Å². The Balaban J connectivity index is 1.16. The predicted octanol–water partition coefficient (Wildman–Crippen LogP) is 8.98. The maximum absolute atomic E-state index is 11.7. The second-order valence-electron chi connectivity index (χ2n) is 16.2. The molecule has 0 radical (unpaired) electrons. The number of hydrogen-bond acceptors (Lipinski definition) is 10. The summed E-state index contributed by atoms with van der Waals surface area (Å²) in [5, 5.41) is 11.7. The summed E-state index contributed by atoms with van der Waals surface area (Å²) in [6, 6.07) is 59.7. The van der Waals surface area contributed by atoms with Gasteiger partial charge in [-0.15, -0.1) is 0 Å². The fraction of sp³-hybridized carbons (Fsp3) is 0.333. The van der Waals surface area contributed by atoms with Crippen LogP contribution in [0.4, 0.5) is 0 Å². The van der Waals surface area contributed by atoms with Crippen LogP contribution in [0.5, 0.6) is 0 Å². The van der Waals surface area contributed by atoms with Crippen molar-refractivity contribution in [3.8, 4) is 0 Å². The van der Waals surface area contributed by atoms with Crippen LogP contribution >= 0.6 is 0 Å². The van der Waals surface area contributed by atoms with Crippen molar-refractivity contribution in [1.29, 1.82) is 0 Å². The van der Waals surface area contributed by atoms with Crippen LogP contribution in [0.2, 0.25) is 0 Å². The van der Waals surface area contributed by atoms with Crippen LogP contribution in [0, 0.1) is 0 Å². The van der Waals surface area contributed by atoms with E-state index in [2.05, 4.69) is 0 Å². The molecule has 64 heavy (non-hydrogen) atoms. The van der Waals surface area contributed by atoms with E-state index < -0.39 is 61.4 Å². The number of hydrogen-bond donors (Lipinski definition) is 1. The van der Waals surface area contributed by atoms with E-state index in [9.17, 15) is 5.11 Å². The molecule has 8 rings (SSSR count). The molecule has 2 fully saturated rings. The maximum atomic E-state index is 11.7. The summed E-state index contributed by atoms with van der Waals surface area (Å²) in [5.74, 6) is 0. The molecule has 10 heteroatoms. The van der Waals surface area contributed by atoms with Crippen molar-refractivity contribution in [2.75, 3.05) is 6.61 Å². The van der Waals surface area contributed by atoms with E-state index in [4.69, 9.17) is 42.6 Å². The predicted molar refractivity (Wildman–Crippen MR) is 241 cm³/mol. The Morgan fingerprint density at radius 3 is 1.14 bits per heavy atom. The smallest absolute Gasteiger partial charge is 0.187 e. The monoisotopic (exact) mass is 866 g/mol. The van der Waals surface area contributed by atoms with Crippen molar-refractivity contribution in [1.82, 2.24) is 0 Å². The van der Waals surface area contributed by atoms with Gasteiger partial charge in [-0.2, -0.15) is 0 Å². The van der Waals surface area contributed by atoms with Crippen molar-refractivity contribution in [3.63, 3.8) is 0 Å². The molecule has 0 amide bonds. The molecule has 10 nitrogen and oxygen atoms in total. The molecule has 0 spiro atoms. The highest BCUT2D eigenvalue weighted by Gasteiger charge is 2.53. The van der Waals surface area contributed by atoms with Crippen molar-refractivity contribution >= 4 is 0 Å². The van der Waals surface area contributed by atoms with Gasteiger partial charge < -0.3 is 47.7 Å². The summed E-state index contributed by atoms with van der Waals surface area (Å²) in [6.07, 6.45) is -8.55. The van der Waals surface area contributed by atoms with Gasteiger partial charge in [0.15, 0.2) is 12.6 Å². The lowest BCUT2D eigenvalue weighted by Crippen LogP contribution is -2.65. The summed E-state index contributed by atoms with van der Waals surface area (Å²) < 4.78 is 61.0. The van der Waals surface area contributed by atoms with Gasteiger partial charge in [0.05, 0.1) is 52.4 Å². The third kappa shape index (κ3) is 12.8. The maximum Gasteiger partial charge on any atom is 0.187 e.